The van der Waals surface area contributed by atoms with Crippen LogP contribution in [0.5, 0.6) is 5.75 Å². The van der Waals surface area contributed by atoms with Gasteiger partial charge in [0.2, 0.25) is 5.89 Å². The zero-order valence-electron chi connectivity index (χ0n) is 22.2. The second kappa shape index (κ2) is 11.9. The number of aromatic nitrogens is 1. The molecule has 0 aliphatic rings. The van der Waals surface area contributed by atoms with Gasteiger partial charge in [-0.25, -0.2) is 4.98 Å². The van der Waals surface area contributed by atoms with E-state index in [1.165, 1.54) is 12.7 Å². The van der Waals surface area contributed by atoms with Crippen LogP contribution in [0.2, 0.25) is 0 Å². The van der Waals surface area contributed by atoms with Gasteiger partial charge in [-0.2, -0.15) is 17.4 Å². The van der Waals surface area contributed by atoms with Gasteiger partial charge in [0, 0.05) is 24.1 Å². The van der Waals surface area contributed by atoms with Crippen LogP contribution in [0.3, 0.4) is 0 Å². The maximum absolute atomic E-state index is 12.8. The molecule has 1 aromatic heterocycles. The van der Waals surface area contributed by atoms with Gasteiger partial charge in [0.05, 0.1) is 19.4 Å². The summed E-state index contributed by atoms with van der Waals surface area (Å²) in [6.07, 6.45) is 0.576. The number of carbonyl (C=O) groups is 1. The van der Waals surface area contributed by atoms with E-state index in [0.29, 0.717) is 30.2 Å². The fourth-order valence-corrected chi connectivity index (χ4v) is 5.02. The Kier molecular flexibility index (Phi) is 9.12. The molecule has 200 valence electrons. The van der Waals surface area contributed by atoms with Crippen LogP contribution < -0.4 is 9.46 Å². The number of aryl methyl sites for hydroxylation is 2. The van der Waals surface area contributed by atoms with Crippen LogP contribution in [0.25, 0.3) is 11.5 Å². The van der Waals surface area contributed by atoms with Crippen molar-refractivity contribution in [2.45, 2.75) is 53.1 Å². The van der Waals surface area contributed by atoms with E-state index in [0.717, 1.165) is 21.3 Å². The highest BCUT2D eigenvalue weighted by molar-refractivity contribution is 7.87. The molecule has 1 N–H and O–H groups in total. The molecule has 0 radical (unpaired) electrons. The molecule has 37 heavy (non-hydrogen) atoms. The Hall–Kier alpha value is -3.21. The summed E-state index contributed by atoms with van der Waals surface area (Å²) in [6.45, 7) is 9.12. The zero-order chi connectivity index (χ0) is 27.2. The van der Waals surface area contributed by atoms with Gasteiger partial charge in [0.15, 0.2) is 0 Å². The lowest BCUT2D eigenvalue weighted by atomic mass is 10.1. The number of carbonyl (C=O) groups excluding carboxylic acids is 1. The van der Waals surface area contributed by atoms with E-state index in [9.17, 15) is 13.2 Å². The molecule has 0 saturated carbocycles. The molecule has 0 aliphatic heterocycles. The summed E-state index contributed by atoms with van der Waals surface area (Å²) in [5.41, 5.74) is 2.94. The van der Waals surface area contributed by atoms with Gasteiger partial charge in [-0.15, -0.1) is 0 Å². The highest BCUT2D eigenvalue weighted by Crippen LogP contribution is 2.23. The average molecular weight is 530 g/mol. The average Bonchev–Trinajstić information content (AvgIpc) is 3.18. The number of ether oxygens (including phenoxy) is 2. The monoisotopic (exact) mass is 529 g/mol. The van der Waals surface area contributed by atoms with Crippen molar-refractivity contribution in [2.24, 2.45) is 0 Å². The van der Waals surface area contributed by atoms with Gasteiger partial charge in [-0.1, -0.05) is 29.8 Å². The summed E-state index contributed by atoms with van der Waals surface area (Å²) in [5.74, 6) is 1.33. The van der Waals surface area contributed by atoms with Crippen LogP contribution in [0.1, 0.15) is 43.4 Å². The third kappa shape index (κ3) is 8.41. The van der Waals surface area contributed by atoms with Crippen molar-refractivity contribution in [1.82, 2.24) is 14.0 Å². The van der Waals surface area contributed by atoms with Gasteiger partial charge >= 0.3 is 5.97 Å². The fourth-order valence-electron chi connectivity index (χ4n) is 3.53. The number of oxazole rings is 1. The maximum atomic E-state index is 12.8. The number of hydrogen-bond donors (Lipinski definition) is 1. The smallest absolute Gasteiger partial charge is 0.321 e. The second-order valence-corrected chi connectivity index (χ2v) is 11.5. The molecule has 9 nitrogen and oxygen atoms in total. The molecule has 0 fully saturated rings. The fraction of sp³-hybridized carbons (Fsp3) is 0.407. The van der Waals surface area contributed by atoms with Crippen LogP contribution in [0.15, 0.2) is 52.9 Å². The normalized spacial score (nSPS) is 12.1. The molecule has 10 heteroatoms. The Bertz CT molecular complexity index is 1290. The van der Waals surface area contributed by atoms with Crippen molar-refractivity contribution in [3.8, 4) is 17.2 Å². The number of nitrogens with one attached hydrogen (secondary N) is 1. The van der Waals surface area contributed by atoms with Crippen LogP contribution in [0.4, 0.5) is 0 Å². The van der Waals surface area contributed by atoms with E-state index in [1.807, 2.05) is 38.1 Å². The lowest BCUT2D eigenvalue weighted by Crippen LogP contribution is -2.50. The topological polar surface area (TPSA) is 111 Å². The molecule has 0 spiro atoms. The van der Waals surface area contributed by atoms with Crippen molar-refractivity contribution in [3.05, 3.63) is 71.1 Å². The van der Waals surface area contributed by atoms with Crippen LogP contribution in [-0.4, -0.2) is 49.5 Å². The molecule has 3 aromatic rings. The van der Waals surface area contributed by atoms with E-state index < -0.39 is 28.3 Å². The van der Waals surface area contributed by atoms with Crippen LogP contribution >= 0.6 is 0 Å². The van der Waals surface area contributed by atoms with E-state index in [1.54, 1.807) is 45.0 Å². The molecule has 0 bridgehead atoms. The molecule has 3 rings (SSSR count). The molecule has 0 unspecified atom stereocenters. The van der Waals surface area contributed by atoms with E-state index in [2.05, 4.69) is 14.4 Å². The zero-order valence-corrected chi connectivity index (χ0v) is 23.0. The third-order valence-electron chi connectivity index (χ3n) is 5.39. The molecule has 0 aliphatic carbocycles. The molecule has 0 atom stereocenters. The Morgan fingerprint density at radius 3 is 2.30 bits per heavy atom. The van der Waals surface area contributed by atoms with Gasteiger partial charge in [0.1, 0.15) is 18.1 Å². The molecule has 0 amide bonds. The second-order valence-electron chi connectivity index (χ2n) is 9.83. The van der Waals surface area contributed by atoms with Crippen molar-refractivity contribution < 1.29 is 27.1 Å². The first-order valence-corrected chi connectivity index (χ1v) is 13.4. The number of nitrogens with zero attached hydrogens (tertiary/aromatic N) is 2. The van der Waals surface area contributed by atoms with Gasteiger partial charge in [-0.05, 0) is 64.4 Å². The SMILES string of the molecule is COC(=O)CN(Cc1ccc(OCCc2nc(-c3ccc(C)cc3)oc2C)cc1)S(=O)(=O)NC(C)(C)C. The Morgan fingerprint density at radius 2 is 1.70 bits per heavy atom. The van der Waals surface area contributed by atoms with Crippen molar-refractivity contribution >= 4 is 16.2 Å². The Balaban J connectivity index is 1.61. The van der Waals surface area contributed by atoms with Crippen molar-refractivity contribution in [2.75, 3.05) is 20.3 Å². The Morgan fingerprint density at radius 1 is 1.05 bits per heavy atom. The minimum atomic E-state index is -3.93. The predicted molar refractivity (Wildman–Crippen MR) is 141 cm³/mol. The summed E-state index contributed by atoms with van der Waals surface area (Å²) < 4.78 is 45.7. The van der Waals surface area contributed by atoms with Gasteiger partial charge < -0.3 is 13.9 Å². The minimum absolute atomic E-state index is 0.000709. The van der Waals surface area contributed by atoms with E-state index >= 15 is 0 Å². The summed E-state index contributed by atoms with van der Waals surface area (Å²) >= 11 is 0. The van der Waals surface area contributed by atoms with Crippen LogP contribution in [0, 0.1) is 13.8 Å². The lowest BCUT2D eigenvalue weighted by molar-refractivity contribution is -0.140. The molecule has 1 heterocycles. The first-order chi connectivity index (χ1) is 17.4. The number of benzene rings is 2. The summed E-state index contributed by atoms with van der Waals surface area (Å²) in [5, 5.41) is 0. The Labute approximate surface area is 219 Å². The number of methoxy groups -OCH3 is 1. The van der Waals surface area contributed by atoms with E-state index in [4.69, 9.17) is 9.15 Å². The molecular formula is C27H35N3O6S. The predicted octanol–water partition coefficient (Wildman–Crippen LogP) is 4.19. The highest BCUT2D eigenvalue weighted by atomic mass is 32.2. The van der Waals surface area contributed by atoms with Crippen molar-refractivity contribution in [3.63, 3.8) is 0 Å². The van der Waals surface area contributed by atoms with Gasteiger partial charge in [-0.3, -0.25) is 4.79 Å². The first kappa shape index (κ1) is 28.4. The van der Waals surface area contributed by atoms with E-state index in [-0.39, 0.29) is 6.54 Å². The minimum Gasteiger partial charge on any atom is -0.493 e. The third-order valence-corrected chi connectivity index (χ3v) is 7.20. The number of esters is 1. The molecule has 2 aromatic carbocycles. The summed E-state index contributed by atoms with van der Waals surface area (Å²) in [7, 11) is -2.70. The first-order valence-electron chi connectivity index (χ1n) is 12.0. The number of hydrogen-bond acceptors (Lipinski definition) is 7. The van der Waals surface area contributed by atoms with Gasteiger partial charge in [0.25, 0.3) is 10.2 Å². The summed E-state index contributed by atoms with van der Waals surface area (Å²) in [6, 6.07) is 15.1. The molecular weight excluding hydrogens is 494 g/mol. The standard InChI is InChI=1S/C27H35N3O6S/c1-19-7-11-22(12-8-19)26-28-24(20(2)36-26)15-16-35-23-13-9-21(10-14-23)17-30(18-25(31)34-6)37(32,33)29-27(3,4)5/h7-14,29H,15-18H2,1-6H3. The quantitative estimate of drug-likeness (QED) is 0.371. The van der Waals surface area contributed by atoms with Crippen LogP contribution in [-0.2, 0) is 32.7 Å². The largest absolute Gasteiger partial charge is 0.493 e. The molecule has 0 saturated heterocycles. The van der Waals surface area contributed by atoms with Crippen molar-refractivity contribution in [1.29, 1.82) is 0 Å². The summed E-state index contributed by atoms with van der Waals surface area (Å²) in [4.78, 5) is 16.5. The highest BCUT2D eigenvalue weighted by Gasteiger charge is 2.29. The number of rotatable bonds is 11. The maximum Gasteiger partial charge on any atom is 0.321 e. The lowest BCUT2D eigenvalue weighted by Gasteiger charge is -2.27.